The van der Waals surface area contributed by atoms with E-state index in [0.29, 0.717) is 5.56 Å². The summed E-state index contributed by atoms with van der Waals surface area (Å²) in [5.41, 5.74) is 6.98. The Kier molecular flexibility index (Phi) is 11.0. The quantitative estimate of drug-likeness (QED) is 0.109. The number of hydrogen-bond acceptors (Lipinski definition) is 13. The summed E-state index contributed by atoms with van der Waals surface area (Å²) in [5.74, 6) is -1.84. The van der Waals surface area contributed by atoms with Gasteiger partial charge in [-0.1, -0.05) is 35.0 Å². The summed E-state index contributed by atoms with van der Waals surface area (Å²) in [5, 5.41) is 19.8. The number of esters is 1. The minimum absolute atomic E-state index is 0.0271. The molecule has 4 aromatic rings. The summed E-state index contributed by atoms with van der Waals surface area (Å²) in [4.78, 5) is 57.0. The van der Waals surface area contributed by atoms with Crippen LogP contribution in [0.15, 0.2) is 59.6 Å². The number of nitrogens with two attached hydrogens (primary N) is 1. The van der Waals surface area contributed by atoms with Crippen molar-refractivity contribution < 1.29 is 38.1 Å². The molecule has 1 atom stereocenters. The Morgan fingerprint density at radius 3 is 2.12 bits per heavy atom. The number of ether oxygens (including phenoxy) is 4. The maximum Gasteiger partial charge on any atom is 0.338 e. The molecule has 0 saturated carbocycles. The van der Waals surface area contributed by atoms with Crippen LogP contribution < -0.4 is 24.8 Å². The number of ketones is 1. The normalized spacial score (nSPS) is 13.7. The number of imide groups is 1. The summed E-state index contributed by atoms with van der Waals surface area (Å²) in [6, 6.07) is 16.9. The standard InChI is InChI=1S/C35H25Cl2N5O8S/c1-47-26-11-19(12-27(48-2)31(26)49-3)30-21(14-38)32(40)41-33(22(30)15-39)51-28-13-29(44)42(34(28)45)20-7-4-17(5-8-20)35(46)50-16-25(43)18-6-9-23(36)24(37)10-18/h4-12,28H,13,16H2,1-3H3,(H2,40,41). The van der Waals surface area contributed by atoms with E-state index in [9.17, 15) is 29.7 Å². The van der Waals surface area contributed by atoms with Gasteiger partial charge in [-0.25, -0.2) is 14.7 Å². The van der Waals surface area contributed by atoms with Gasteiger partial charge in [0.15, 0.2) is 23.9 Å². The van der Waals surface area contributed by atoms with Gasteiger partial charge >= 0.3 is 5.97 Å². The summed E-state index contributed by atoms with van der Waals surface area (Å²) >= 11 is 12.7. The molecule has 2 amide bonds. The number of amides is 2. The van der Waals surface area contributed by atoms with E-state index in [-0.39, 0.29) is 78.1 Å². The predicted molar refractivity (Wildman–Crippen MR) is 187 cm³/mol. The first-order valence-electron chi connectivity index (χ1n) is 14.7. The minimum Gasteiger partial charge on any atom is -0.493 e. The third-order valence-corrected chi connectivity index (χ3v) is 9.58. The van der Waals surface area contributed by atoms with Crippen molar-refractivity contribution in [3.05, 3.63) is 86.9 Å². The molecule has 1 aromatic heterocycles. The number of nitrogen functional groups attached to an aromatic ring is 1. The van der Waals surface area contributed by atoms with Crippen LogP contribution in [0.2, 0.25) is 10.0 Å². The Bertz CT molecular complexity index is 2160. The van der Waals surface area contributed by atoms with Gasteiger partial charge in [0, 0.05) is 17.5 Å². The zero-order valence-corrected chi connectivity index (χ0v) is 29.3. The predicted octanol–water partition coefficient (Wildman–Crippen LogP) is 5.87. The fourth-order valence-electron chi connectivity index (χ4n) is 5.21. The first-order valence-corrected chi connectivity index (χ1v) is 16.3. The number of thioether (sulfide) groups is 1. The molecule has 1 aliphatic rings. The summed E-state index contributed by atoms with van der Waals surface area (Å²) in [6.07, 6.45) is -0.240. The summed E-state index contributed by atoms with van der Waals surface area (Å²) in [6.45, 7) is -0.555. The lowest BCUT2D eigenvalue weighted by Crippen LogP contribution is -2.31. The lowest BCUT2D eigenvalue weighted by Gasteiger charge is -2.18. The number of benzene rings is 3. The number of pyridine rings is 1. The minimum atomic E-state index is -1.01. The highest BCUT2D eigenvalue weighted by Crippen LogP contribution is 2.45. The number of aromatic nitrogens is 1. The van der Waals surface area contributed by atoms with Crippen LogP contribution in [0, 0.1) is 22.7 Å². The third kappa shape index (κ3) is 7.25. The van der Waals surface area contributed by atoms with Crippen molar-refractivity contribution in [2.75, 3.05) is 38.6 Å². The lowest BCUT2D eigenvalue weighted by molar-refractivity contribution is -0.121. The Morgan fingerprint density at radius 1 is 0.922 bits per heavy atom. The van der Waals surface area contributed by atoms with Gasteiger partial charge in [0.1, 0.15) is 28.5 Å². The maximum atomic E-state index is 13.6. The Labute approximate surface area is 305 Å². The Morgan fingerprint density at radius 2 is 1.55 bits per heavy atom. The van der Waals surface area contributed by atoms with E-state index in [4.69, 9.17) is 47.9 Å². The molecule has 51 heavy (non-hydrogen) atoms. The number of halogens is 2. The molecule has 2 heterocycles. The van der Waals surface area contributed by atoms with Crippen molar-refractivity contribution in [2.45, 2.75) is 16.7 Å². The van der Waals surface area contributed by atoms with E-state index >= 15 is 0 Å². The van der Waals surface area contributed by atoms with Crippen LogP contribution in [-0.2, 0) is 14.3 Å². The number of methoxy groups -OCH3 is 3. The number of hydrogen-bond donors (Lipinski definition) is 1. The van der Waals surface area contributed by atoms with Gasteiger partial charge in [0.25, 0.3) is 0 Å². The molecule has 258 valence electrons. The molecule has 1 fully saturated rings. The van der Waals surface area contributed by atoms with Crippen molar-refractivity contribution in [1.82, 2.24) is 4.98 Å². The molecule has 2 N–H and O–H groups in total. The van der Waals surface area contributed by atoms with Crippen molar-refractivity contribution in [1.29, 1.82) is 10.5 Å². The van der Waals surface area contributed by atoms with Crippen LogP contribution in [0.1, 0.15) is 38.3 Å². The molecule has 0 radical (unpaired) electrons. The number of nitriles is 2. The van der Waals surface area contributed by atoms with Crippen LogP contribution in [0.4, 0.5) is 11.5 Å². The fourth-order valence-corrected chi connectivity index (χ4v) is 6.63. The molecule has 0 aliphatic carbocycles. The molecule has 3 aromatic carbocycles. The zero-order valence-electron chi connectivity index (χ0n) is 27.0. The van der Waals surface area contributed by atoms with Crippen molar-refractivity contribution in [3.63, 3.8) is 0 Å². The van der Waals surface area contributed by atoms with E-state index in [2.05, 4.69) is 11.1 Å². The number of rotatable bonds is 11. The van der Waals surface area contributed by atoms with Gasteiger partial charge in [-0.3, -0.25) is 14.4 Å². The number of nitrogens with zero attached hydrogens (tertiary/aromatic N) is 4. The topological polar surface area (TPSA) is 195 Å². The van der Waals surface area contributed by atoms with Gasteiger partial charge in [-0.2, -0.15) is 10.5 Å². The van der Waals surface area contributed by atoms with E-state index in [1.807, 2.05) is 6.07 Å². The number of anilines is 2. The molecule has 1 aliphatic heterocycles. The fraction of sp³-hybridized carbons (Fsp3) is 0.171. The highest BCUT2D eigenvalue weighted by Gasteiger charge is 2.41. The highest BCUT2D eigenvalue weighted by molar-refractivity contribution is 8.00. The van der Waals surface area contributed by atoms with Crippen LogP contribution in [-0.4, -0.2) is 61.7 Å². The van der Waals surface area contributed by atoms with Gasteiger partial charge in [0.2, 0.25) is 17.6 Å². The maximum absolute atomic E-state index is 13.6. The largest absolute Gasteiger partial charge is 0.493 e. The second-order valence-electron chi connectivity index (χ2n) is 10.6. The number of carbonyl (C=O) groups is 4. The second-order valence-corrected chi connectivity index (χ2v) is 12.6. The van der Waals surface area contributed by atoms with E-state index in [1.54, 1.807) is 12.1 Å². The molecule has 16 heteroatoms. The number of carbonyl (C=O) groups excluding carboxylic acids is 4. The van der Waals surface area contributed by atoms with Crippen molar-refractivity contribution in [2.24, 2.45) is 0 Å². The van der Waals surface area contributed by atoms with Crippen LogP contribution >= 0.6 is 35.0 Å². The number of Topliss-reactive ketones (excluding diaryl/α,β-unsaturated/α-hetero) is 1. The molecular formula is C35H25Cl2N5O8S. The van der Waals surface area contributed by atoms with Gasteiger partial charge in [-0.15, -0.1) is 0 Å². The average molecular weight is 747 g/mol. The molecule has 5 rings (SSSR count). The van der Waals surface area contributed by atoms with Crippen LogP contribution in [0.25, 0.3) is 11.1 Å². The van der Waals surface area contributed by atoms with Gasteiger partial charge in [0.05, 0.1) is 53.4 Å². The monoisotopic (exact) mass is 745 g/mol. The first-order chi connectivity index (χ1) is 24.4. The molecule has 13 nitrogen and oxygen atoms in total. The van der Waals surface area contributed by atoms with Crippen molar-refractivity contribution in [3.8, 4) is 40.5 Å². The van der Waals surface area contributed by atoms with Crippen molar-refractivity contribution >= 4 is 70.0 Å². The molecule has 1 unspecified atom stereocenters. The Hall–Kier alpha value is -5.80. The smallest absolute Gasteiger partial charge is 0.338 e. The SMILES string of the molecule is COc1cc(-c2c(C#N)c(N)nc(SC3CC(=O)N(c4ccc(C(=O)OCC(=O)c5ccc(Cl)c(Cl)c5)cc4)C3=O)c2C#N)cc(OC)c1OC. The van der Waals surface area contributed by atoms with Gasteiger partial charge in [-0.05, 0) is 60.2 Å². The van der Waals surface area contributed by atoms with Crippen LogP contribution in [0.3, 0.4) is 0 Å². The average Bonchev–Trinajstić information content (AvgIpc) is 3.41. The first kappa shape index (κ1) is 36.5. The lowest BCUT2D eigenvalue weighted by atomic mass is 9.96. The van der Waals surface area contributed by atoms with E-state index in [0.717, 1.165) is 16.7 Å². The highest BCUT2D eigenvalue weighted by atomic mass is 35.5. The molecule has 0 spiro atoms. The Balaban J connectivity index is 1.37. The van der Waals surface area contributed by atoms with Crippen LogP contribution in [0.5, 0.6) is 17.2 Å². The molecular weight excluding hydrogens is 721 g/mol. The zero-order chi connectivity index (χ0) is 37.0. The third-order valence-electron chi connectivity index (χ3n) is 7.67. The summed E-state index contributed by atoms with van der Waals surface area (Å²) < 4.78 is 21.4. The summed E-state index contributed by atoms with van der Waals surface area (Å²) in [7, 11) is 4.26. The molecule has 1 saturated heterocycles. The van der Waals surface area contributed by atoms with Gasteiger partial charge < -0.3 is 24.7 Å². The second kappa shape index (κ2) is 15.4. The molecule has 0 bridgehead atoms. The van der Waals surface area contributed by atoms with E-state index < -0.39 is 35.4 Å². The van der Waals surface area contributed by atoms with E-state index in [1.165, 1.54) is 63.8 Å².